The molecule has 6 rings (SSSR count). The average Bonchev–Trinajstić information content (AvgIpc) is 3.50. The first-order valence-corrected chi connectivity index (χ1v) is 12.8. The van der Waals surface area contributed by atoms with Crippen LogP contribution in [0.25, 0.3) is 16.7 Å². The van der Waals surface area contributed by atoms with E-state index in [0.29, 0.717) is 0 Å². The highest BCUT2D eigenvalue weighted by Crippen LogP contribution is 2.55. The Bertz CT molecular complexity index is 1390. The zero-order valence-corrected chi connectivity index (χ0v) is 20.8. The van der Waals surface area contributed by atoms with Gasteiger partial charge in [0, 0.05) is 11.8 Å². The number of fused-ring (bicyclic) bond motifs is 3. The Balaban J connectivity index is 1.59. The molecule has 4 aromatic rings. The second-order valence-corrected chi connectivity index (χ2v) is 10.9. The van der Waals surface area contributed by atoms with E-state index in [0.717, 1.165) is 6.42 Å². The summed E-state index contributed by atoms with van der Waals surface area (Å²) in [6, 6.07) is 38.2. The maximum absolute atomic E-state index is 2.45. The van der Waals surface area contributed by atoms with Crippen LogP contribution in [0.5, 0.6) is 0 Å². The zero-order chi connectivity index (χ0) is 24.0. The van der Waals surface area contributed by atoms with Crippen molar-refractivity contribution in [2.45, 2.75) is 39.0 Å². The molecule has 0 spiro atoms. The highest BCUT2D eigenvalue weighted by Gasteiger charge is 2.38. The molecule has 172 valence electrons. The molecule has 1 unspecified atom stereocenters. The van der Waals surface area contributed by atoms with Crippen molar-refractivity contribution in [2.24, 2.45) is 5.41 Å². The predicted molar refractivity (Wildman–Crippen MR) is 149 cm³/mol. The number of benzene rings is 4. The highest BCUT2D eigenvalue weighted by atomic mass is 14.4. The molecule has 0 bridgehead atoms. The molecule has 0 aliphatic heterocycles. The summed E-state index contributed by atoms with van der Waals surface area (Å²) in [5, 5.41) is 0. The molecule has 2 aliphatic carbocycles. The van der Waals surface area contributed by atoms with Crippen LogP contribution in [0, 0.1) is 5.41 Å². The van der Waals surface area contributed by atoms with Gasteiger partial charge in [0.05, 0.1) is 0 Å². The summed E-state index contributed by atoms with van der Waals surface area (Å²) >= 11 is 0. The number of allylic oxidation sites excluding steroid dienone is 4. The van der Waals surface area contributed by atoms with E-state index < -0.39 is 0 Å². The van der Waals surface area contributed by atoms with Gasteiger partial charge in [-0.15, -0.1) is 0 Å². The molecule has 0 saturated carbocycles. The second kappa shape index (κ2) is 8.54. The van der Waals surface area contributed by atoms with Crippen molar-refractivity contribution in [3.05, 3.63) is 149 Å². The van der Waals surface area contributed by atoms with Gasteiger partial charge in [0.15, 0.2) is 0 Å². The molecule has 0 radical (unpaired) electrons. The molecule has 4 aromatic carbocycles. The molecule has 1 atom stereocenters. The maximum atomic E-state index is 2.45. The van der Waals surface area contributed by atoms with Crippen LogP contribution in [-0.4, -0.2) is 0 Å². The fourth-order valence-electron chi connectivity index (χ4n) is 6.06. The standard InChI is InChI=1S/C35H32/c1-35(2,3)27-22-21-26(23-27)28-19-12-20-30-29-17-10-11-18-31(29)34(33(28)30)32(24-13-6-4-7-14-24)25-15-8-5-9-16-25/h4-20,22-23,32,34H,21H2,1-3H3. The molecule has 2 aliphatic rings. The van der Waals surface area contributed by atoms with E-state index in [9.17, 15) is 0 Å². The lowest BCUT2D eigenvalue weighted by Gasteiger charge is -2.28. The van der Waals surface area contributed by atoms with Gasteiger partial charge >= 0.3 is 0 Å². The summed E-state index contributed by atoms with van der Waals surface area (Å²) in [5.74, 6) is 0.514. The van der Waals surface area contributed by atoms with E-state index >= 15 is 0 Å². The van der Waals surface area contributed by atoms with E-state index in [4.69, 9.17) is 0 Å². The Hall–Kier alpha value is -3.64. The maximum Gasteiger partial charge on any atom is 0.0217 e. The molecule has 0 heterocycles. The smallest absolute Gasteiger partial charge is 0.0217 e. The van der Waals surface area contributed by atoms with Crippen molar-refractivity contribution in [1.29, 1.82) is 0 Å². The fourth-order valence-corrected chi connectivity index (χ4v) is 6.06. The minimum atomic E-state index is 0.165. The van der Waals surface area contributed by atoms with Crippen LogP contribution in [0.4, 0.5) is 0 Å². The molecular weight excluding hydrogens is 420 g/mol. The molecular formula is C35H32. The molecule has 0 aromatic heterocycles. The average molecular weight is 453 g/mol. The highest BCUT2D eigenvalue weighted by molar-refractivity contribution is 5.87. The van der Waals surface area contributed by atoms with Gasteiger partial charge in [-0.05, 0) is 61.9 Å². The molecule has 0 heteroatoms. The van der Waals surface area contributed by atoms with Crippen LogP contribution < -0.4 is 0 Å². The van der Waals surface area contributed by atoms with Gasteiger partial charge < -0.3 is 0 Å². The Kier molecular flexibility index (Phi) is 5.33. The van der Waals surface area contributed by atoms with E-state index in [1.807, 2.05) is 0 Å². The van der Waals surface area contributed by atoms with Crippen LogP contribution >= 0.6 is 0 Å². The van der Waals surface area contributed by atoms with Gasteiger partial charge in [-0.2, -0.15) is 0 Å². The first-order valence-electron chi connectivity index (χ1n) is 12.8. The van der Waals surface area contributed by atoms with Crippen molar-refractivity contribution < 1.29 is 0 Å². The van der Waals surface area contributed by atoms with E-state index in [-0.39, 0.29) is 17.3 Å². The monoisotopic (exact) mass is 452 g/mol. The molecule has 0 fully saturated rings. The normalized spacial score (nSPS) is 16.6. The zero-order valence-electron chi connectivity index (χ0n) is 20.8. The van der Waals surface area contributed by atoms with Crippen LogP contribution in [0.15, 0.2) is 121 Å². The van der Waals surface area contributed by atoms with Crippen molar-refractivity contribution in [2.75, 3.05) is 0 Å². The number of rotatable bonds is 4. The summed E-state index contributed by atoms with van der Waals surface area (Å²) in [5.41, 5.74) is 12.9. The Morgan fingerprint density at radius 3 is 1.83 bits per heavy atom. The summed E-state index contributed by atoms with van der Waals surface area (Å²) in [4.78, 5) is 0. The van der Waals surface area contributed by atoms with Gasteiger partial charge in [-0.3, -0.25) is 0 Å². The van der Waals surface area contributed by atoms with E-state index in [2.05, 4.69) is 136 Å². The van der Waals surface area contributed by atoms with Crippen LogP contribution in [-0.2, 0) is 0 Å². The topological polar surface area (TPSA) is 0 Å². The quantitative estimate of drug-likeness (QED) is 0.289. The summed E-state index contributed by atoms with van der Waals surface area (Å²) in [7, 11) is 0. The lowest BCUT2D eigenvalue weighted by molar-refractivity contribution is 0.518. The lowest BCUT2D eigenvalue weighted by atomic mass is 9.74. The summed E-state index contributed by atoms with van der Waals surface area (Å²) in [6.45, 7) is 6.94. The predicted octanol–water partition coefficient (Wildman–Crippen LogP) is 9.39. The van der Waals surface area contributed by atoms with Crippen LogP contribution in [0.3, 0.4) is 0 Å². The van der Waals surface area contributed by atoms with Crippen LogP contribution in [0.2, 0.25) is 0 Å². The minimum absolute atomic E-state index is 0.165. The Morgan fingerprint density at radius 2 is 1.20 bits per heavy atom. The lowest BCUT2D eigenvalue weighted by Crippen LogP contribution is -2.14. The number of hydrogen-bond donors (Lipinski definition) is 0. The van der Waals surface area contributed by atoms with Gasteiger partial charge in [-0.1, -0.05) is 136 Å². The fraction of sp³-hybridized carbons (Fsp3) is 0.200. The van der Waals surface area contributed by atoms with E-state index in [1.54, 1.807) is 0 Å². The molecule has 0 amide bonds. The third kappa shape index (κ3) is 3.78. The van der Waals surface area contributed by atoms with Crippen molar-refractivity contribution in [1.82, 2.24) is 0 Å². The summed E-state index contributed by atoms with van der Waals surface area (Å²) < 4.78 is 0. The first kappa shape index (κ1) is 21.9. The van der Waals surface area contributed by atoms with Gasteiger partial charge in [0.25, 0.3) is 0 Å². The van der Waals surface area contributed by atoms with E-state index in [1.165, 1.54) is 50.1 Å². The van der Waals surface area contributed by atoms with Crippen LogP contribution in [0.1, 0.15) is 66.8 Å². The third-order valence-corrected chi connectivity index (χ3v) is 7.74. The Morgan fingerprint density at radius 1 is 0.629 bits per heavy atom. The van der Waals surface area contributed by atoms with Crippen molar-refractivity contribution in [3.63, 3.8) is 0 Å². The largest absolute Gasteiger partial charge is 0.0763 e. The molecule has 0 N–H and O–H groups in total. The van der Waals surface area contributed by atoms with Crippen molar-refractivity contribution >= 4 is 5.57 Å². The molecule has 0 nitrogen and oxygen atoms in total. The third-order valence-electron chi connectivity index (χ3n) is 7.74. The van der Waals surface area contributed by atoms with Crippen molar-refractivity contribution in [3.8, 4) is 11.1 Å². The number of hydrogen-bond acceptors (Lipinski definition) is 0. The van der Waals surface area contributed by atoms with Gasteiger partial charge in [0.1, 0.15) is 0 Å². The van der Waals surface area contributed by atoms with Gasteiger partial charge in [-0.25, -0.2) is 0 Å². The summed E-state index contributed by atoms with van der Waals surface area (Å²) in [6.07, 6.45) is 5.89. The molecule has 35 heavy (non-hydrogen) atoms. The second-order valence-electron chi connectivity index (χ2n) is 10.9. The first-order chi connectivity index (χ1) is 17.0. The van der Waals surface area contributed by atoms with Gasteiger partial charge in [0.2, 0.25) is 0 Å². The minimum Gasteiger partial charge on any atom is -0.0763 e. The molecule has 0 saturated heterocycles. The SMILES string of the molecule is CC(C)(C)C1=CCC(c2cccc3c2C(C(c2ccccc2)c2ccccc2)c2ccccc2-3)=C1. The Labute approximate surface area is 209 Å².